The summed E-state index contributed by atoms with van der Waals surface area (Å²) in [5, 5.41) is 3.26. The smallest absolute Gasteiger partial charge is 0.189 e. The number of hydrogen-bond acceptors (Lipinski definition) is 2. The van der Waals surface area contributed by atoms with Gasteiger partial charge in [-0.15, -0.1) is 6.58 Å². The van der Waals surface area contributed by atoms with E-state index in [1.165, 1.54) is 0 Å². The van der Waals surface area contributed by atoms with Gasteiger partial charge in [-0.05, 0) is 0 Å². The van der Waals surface area contributed by atoms with Crippen LogP contribution in [0.4, 0.5) is 0 Å². The lowest BCUT2D eigenvalue weighted by Gasteiger charge is -2.56. The van der Waals surface area contributed by atoms with Crippen LogP contribution in [0.1, 0.15) is 20.8 Å². The number of nitrogens with zero attached hydrogens (tertiary/aromatic N) is 1. The molecule has 92 valence electrons. The maximum absolute atomic E-state index is 5.79. The summed E-state index contributed by atoms with van der Waals surface area (Å²) >= 11 is 0. The molecule has 4 nitrogen and oxygen atoms in total. The molecule has 0 aliphatic heterocycles. The van der Waals surface area contributed by atoms with E-state index in [0.717, 1.165) is 0 Å². The van der Waals surface area contributed by atoms with Crippen molar-refractivity contribution in [1.29, 1.82) is 0 Å². The van der Waals surface area contributed by atoms with Gasteiger partial charge in [0.15, 0.2) is 5.96 Å². The van der Waals surface area contributed by atoms with Crippen molar-refractivity contribution in [2.45, 2.75) is 32.9 Å². The molecule has 0 spiro atoms. The van der Waals surface area contributed by atoms with E-state index in [1.807, 2.05) is 0 Å². The third-order valence-electron chi connectivity index (χ3n) is 3.49. The monoisotopic (exact) mass is 225 g/mol. The molecule has 0 aromatic carbocycles. The molecule has 0 heterocycles. The minimum atomic E-state index is 0.0858. The first-order valence-electron chi connectivity index (χ1n) is 5.65. The van der Waals surface area contributed by atoms with Crippen LogP contribution in [0.25, 0.3) is 0 Å². The molecular weight excluding hydrogens is 202 g/mol. The second-order valence-electron chi connectivity index (χ2n) is 4.97. The molecule has 1 rings (SSSR count). The molecule has 3 unspecified atom stereocenters. The van der Waals surface area contributed by atoms with Gasteiger partial charge in [-0.1, -0.05) is 26.8 Å². The third-order valence-corrected chi connectivity index (χ3v) is 3.49. The minimum absolute atomic E-state index is 0.0858. The summed E-state index contributed by atoms with van der Waals surface area (Å²) < 4.78 is 5.47. The van der Waals surface area contributed by atoms with E-state index in [0.29, 0.717) is 24.5 Å². The van der Waals surface area contributed by atoms with Crippen LogP contribution >= 0.6 is 0 Å². The zero-order valence-corrected chi connectivity index (χ0v) is 10.7. The van der Waals surface area contributed by atoms with Crippen LogP contribution in [0, 0.1) is 11.3 Å². The van der Waals surface area contributed by atoms with Crippen LogP contribution in [0.2, 0.25) is 0 Å². The highest BCUT2D eigenvalue weighted by molar-refractivity contribution is 5.78. The van der Waals surface area contributed by atoms with Gasteiger partial charge < -0.3 is 15.8 Å². The van der Waals surface area contributed by atoms with Gasteiger partial charge in [0.25, 0.3) is 0 Å². The molecule has 0 radical (unpaired) electrons. The predicted octanol–water partition coefficient (Wildman–Crippen LogP) is 1.14. The predicted molar refractivity (Wildman–Crippen MR) is 67.4 cm³/mol. The molecule has 3 N–H and O–H groups in total. The van der Waals surface area contributed by atoms with Gasteiger partial charge >= 0.3 is 0 Å². The second-order valence-corrected chi connectivity index (χ2v) is 4.97. The number of nitrogens with one attached hydrogen (secondary N) is 1. The molecule has 4 heteroatoms. The fourth-order valence-electron chi connectivity index (χ4n) is 2.79. The highest BCUT2D eigenvalue weighted by Gasteiger charge is 2.54. The normalized spacial score (nSPS) is 33.0. The number of methoxy groups -OCH3 is 1. The Morgan fingerprint density at radius 2 is 2.25 bits per heavy atom. The summed E-state index contributed by atoms with van der Waals surface area (Å²) in [6, 6.07) is 0.311. The molecular formula is C12H23N3O. The van der Waals surface area contributed by atoms with E-state index < -0.39 is 0 Å². The number of nitrogens with two attached hydrogens (primary N) is 1. The van der Waals surface area contributed by atoms with Gasteiger partial charge in [0, 0.05) is 24.5 Å². The molecule has 1 fully saturated rings. The zero-order valence-electron chi connectivity index (χ0n) is 10.7. The largest absolute Gasteiger partial charge is 0.380 e. The first-order chi connectivity index (χ1) is 7.45. The Balaban J connectivity index is 2.59. The quantitative estimate of drug-likeness (QED) is 0.428. The van der Waals surface area contributed by atoms with Gasteiger partial charge in [-0.2, -0.15) is 0 Å². The Bertz CT molecular complexity index is 286. The molecule has 0 amide bonds. The number of guanidine groups is 1. The summed E-state index contributed by atoms with van der Waals surface area (Å²) in [4.78, 5) is 4.14. The Labute approximate surface area is 98.0 Å². The van der Waals surface area contributed by atoms with Gasteiger partial charge in [-0.25, -0.2) is 4.99 Å². The Morgan fingerprint density at radius 3 is 2.69 bits per heavy atom. The summed E-state index contributed by atoms with van der Waals surface area (Å²) in [5.74, 6) is 0.928. The molecule has 0 bridgehead atoms. The molecule has 3 atom stereocenters. The van der Waals surface area contributed by atoms with Crippen molar-refractivity contribution in [3.05, 3.63) is 12.7 Å². The molecule has 0 aromatic rings. The van der Waals surface area contributed by atoms with Gasteiger partial charge in [0.05, 0.1) is 12.6 Å². The summed E-state index contributed by atoms with van der Waals surface area (Å²) in [6.07, 6.45) is 2.00. The van der Waals surface area contributed by atoms with E-state index in [2.05, 4.69) is 37.7 Å². The lowest BCUT2D eigenvalue weighted by Crippen LogP contribution is -2.68. The van der Waals surface area contributed by atoms with Gasteiger partial charge in [-0.3, -0.25) is 0 Å². The van der Waals surface area contributed by atoms with Crippen molar-refractivity contribution in [3.63, 3.8) is 0 Å². The SMILES string of the molecule is C=CCN=C(N)NC1C(C)C(OC)C1(C)C. The maximum Gasteiger partial charge on any atom is 0.189 e. The van der Waals surface area contributed by atoms with Gasteiger partial charge in [0.2, 0.25) is 0 Å². The highest BCUT2D eigenvalue weighted by atomic mass is 16.5. The molecule has 1 aliphatic carbocycles. The number of ether oxygens (including phenoxy) is 1. The molecule has 1 aliphatic rings. The lowest BCUT2D eigenvalue weighted by molar-refractivity contribution is -0.139. The maximum atomic E-state index is 5.79. The Morgan fingerprint density at radius 1 is 1.62 bits per heavy atom. The molecule has 16 heavy (non-hydrogen) atoms. The van der Waals surface area contributed by atoms with Crippen LogP contribution < -0.4 is 11.1 Å². The Kier molecular flexibility index (Phi) is 3.97. The molecule has 0 aromatic heterocycles. The Hall–Kier alpha value is -1.03. The highest BCUT2D eigenvalue weighted by Crippen LogP contribution is 2.46. The average Bonchev–Trinajstić information content (AvgIpc) is 2.23. The van der Waals surface area contributed by atoms with Crippen molar-refractivity contribution in [2.24, 2.45) is 22.1 Å². The van der Waals surface area contributed by atoms with Crippen molar-refractivity contribution in [3.8, 4) is 0 Å². The van der Waals surface area contributed by atoms with E-state index in [9.17, 15) is 0 Å². The van der Waals surface area contributed by atoms with Crippen LogP contribution in [-0.4, -0.2) is 31.8 Å². The van der Waals surface area contributed by atoms with Crippen LogP contribution in [0.5, 0.6) is 0 Å². The van der Waals surface area contributed by atoms with Crippen molar-refractivity contribution in [2.75, 3.05) is 13.7 Å². The number of aliphatic imine (C=N–C) groups is 1. The van der Waals surface area contributed by atoms with Crippen molar-refractivity contribution >= 4 is 5.96 Å². The lowest BCUT2D eigenvalue weighted by atomic mass is 9.58. The minimum Gasteiger partial charge on any atom is -0.380 e. The first kappa shape index (κ1) is 13.0. The fraction of sp³-hybridized carbons (Fsp3) is 0.750. The first-order valence-corrected chi connectivity index (χ1v) is 5.65. The second kappa shape index (κ2) is 4.87. The summed E-state index contributed by atoms with van der Waals surface area (Å²) in [7, 11) is 1.76. The van der Waals surface area contributed by atoms with E-state index in [4.69, 9.17) is 10.5 Å². The van der Waals surface area contributed by atoms with Crippen LogP contribution in [-0.2, 0) is 4.74 Å². The standard InChI is InChI=1S/C12H23N3O/c1-6-7-14-11(13)15-9-8(2)10(16-5)12(9,3)4/h6,8-10H,1,7H2,2-5H3,(H3,13,14,15). The van der Waals surface area contributed by atoms with E-state index in [-0.39, 0.29) is 11.5 Å². The zero-order chi connectivity index (χ0) is 12.3. The number of hydrogen-bond donors (Lipinski definition) is 2. The topological polar surface area (TPSA) is 59.6 Å². The molecule has 0 saturated heterocycles. The fourth-order valence-corrected chi connectivity index (χ4v) is 2.79. The number of rotatable bonds is 4. The van der Waals surface area contributed by atoms with Gasteiger partial charge in [0.1, 0.15) is 0 Å². The molecule has 1 saturated carbocycles. The van der Waals surface area contributed by atoms with Crippen LogP contribution in [0.3, 0.4) is 0 Å². The van der Waals surface area contributed by atoms with Crippen molar-refractivity contribution in [1.82, 2.24) is 5.32 Å². The van der Waals surface area contributed by atoms with E-state index >= 15 is 0 Å². The third kappa shape index (κ3) is 2.21. The average molecular weight is 225 g/mol. The van der Waals surface area contributed by atoms with Crippen LogP contribution in [0.15, 0.2) is 17.6 Å². The summed E-state index contributed by atoms with van der Waals surface area (Å²) in [6.45, 7) is 10.7. The van der Waals surface area contributed by atoms with Crippen molar-refractivity contribution < 1.29 is 4.74 Å². The summed E-state index contributed by atoms with van der Waals surface area (Å²) in [5.41, 5.74) is 5.88. The van der Waals surface area contributed by atoms with E-state index in [1.54, 1.807) is 13.2 Å².